The number of hydrogen-bond donors (Lipinski definition) is 0. The fourth-order valence-electron chi connectivity index (χ4n) is 3.81. The Kier molecular flexibility index (Phi) is 7.00. The summed E-state index contributed by atoms with van der Waals surface area (Å²) in [6.45, 7) is 4.67. The Morgan fingerprint density at radius 1 is 1.10 bits per heavy atom. The average molecular weight is 421 g/mol. The highest BCUT2D eigenvalue weighted by Crippen LogP contribution is 2.32. The second-order valence-corrected chi connectivity index (χ2v) is 7.95. The monoisotopic (exact) mass is 420 g/mol. The van der Waals surface area contributed by atoms with Crippen LogP contribution in [0.2, 0.25) is 0 Å². The molecule has 0 aliphatic carbocycles. The van der Waals surface area contributed by atoms with Crippen LogP contribution in [0.25, 0.3) is 11.3 Å². The molecule has 1 amide bonds. The number of methoxy groups -OCH3 is 1. The van der Waals surface area contributed by atoms with Gasteiger partial charge in [0, 0.05) is 43.9 Å². The molecular formula is C25H32N4O2. The van der Waals surface area contributed by atoms with E-state index in [4.69, 9.17) is 9.84 Å². The van der Waals surface area contributed by atoms with E-state index in [-0.39, 0.29) is 11.9 Å². The molecule has 0 saturated carbocycles. The van der Waals surface area contributed by atoms with Crippen LogP contribution in [0, 0.1) is 0 Å². The second kappa shape index (κ2) is 9.69. The van der Waals surface area contributed by atoms with Crippen LogP contribution in [-0.2, 0) is 13.6 Å². The SMILES string of the molecule is CC[C@H](C)N(Cc1c(-c2ccccc2)nn(C)c1N(C)C)C(=O)c1ccc(OC)cc1. The molecule has 0 N–H and O–H groups in total. The van der Waals surface area contributed by atoms with Gasteiger partial charge in [-0.1, -0.05) is 37.3 Å². The van der Waals surface area contributed by atoms with Crippen molar-refractivity contribution in [3.05, 3.63) is 65.7 Å². The van der Waals surface area contributed by atoms with Crippen LogP contribution in [0.15, 0.2) is 54.6 Å². The molecule has 164 valence electrons. The molecular weight excluding hydrogens is 388 g/mol. The van der Waals surface area contributed by atoms with Gasteiger partial charge in [-0.15, -0.1) is 0 Å². The summed E-state index contributed by atoms with van der Waals surface area (Å²) < 4.78 is 7.13. The number of hydrogen-bond acceptors (Lipinski definition) is 4. The van der Waals surface area contributed by atoms with E-state index in [2.05, 4.69) is 30.9 Å². The maximum atomic E-state index is 13.5. The molecule has 1 heterocycles. The first-order valence-corrected chi connectivity index (χ1v) is 10.6. The van der Waals surface area contributed by atoms with Crippen molar-refractivity contribution in [3.63, 3.8) is 0 Å². The fourth-order valence-corrected chi connectivity index (χ4v) is 3.81. The third-order valence-corrected chi connectivity index (χ3v) is 5.63. The van der Waals surface area contributed by atoms with Gasteiger partial charge in [-0.25, -0.2) is 0 Å². The van der Waals surface area contributed by atoms with Crippen molar-refractivity contribution < 1.29 is 9.53 Å². The van der Waals surface area contributed by atoms with Gasteiger partial charge in [0.15, 0.2) is 0 Å². The zero-order valence-electron chi connectivity index (χ0n) is 19.3. The number of rotatable bonds is 8. The Hall–Kier alpha value is -3.28. The van der Waals surface area contributed by atoms with Crippen LogP contribution < -0.4 is 9.64 Å². The topological polar surface area (TPSA) is 50.6 Å². The summed E-state index contributed by atoms with van der Waals surface area (Å²) in [6.07, 6.45) is 0.861. The van der Waals surface area contributed by atoms with E-state index in [0.717, 1.165) is 34.8 Å². The third-order valence-electron chi connectivity index (χ3n) is 5.63. The number of carbonyl (C=O) groups excluding carboxylic acids is 1. The minimum Gasteiger partial charge on any atom is -0.497 e. The molecule has 0 aliphatic rings. The van der Waals surface area contributed by atoms with Crippen LogP contribution in [-0.4, -0.2) is 47.8 Å². The molecule has 0 fully saturated rings. The number of ether oxygens (including phenoxy) is 1. The highest BCUT2D eigenvalue weighted by Gasteiger charge is 2.27. The lowest BCUT2D eigenvalue weighted by Crippen LogP contribution is -2.38. The molecule has 3 rings (SSSR count). The molecule has 0 radical (unpaired) electrons. The highest BCUT2D eigenvalue weighted by atomic mass is 16.5. The van der Waals surface area contributed by atoms with Gasteiger partial charge in [0.05, 0.1) is 19.3 Å². The van der Waals surface area contributed by atoms with Gasteiger partial charge < -0.3 is 14.5 Å². The van der Waals surface area contributed by atoms with Crippen LogP contribution in [0.4, 0.5) is 5.82 Å². The summed E-state index contributed by atoms with van der Waals surface area (Å²) in [4.78, 5) is 17.5. The summed E-state index contributed by atoms with van der Waals surface area (Å²) >= 11 is 0. The molecule has 31 heavy (non-hydrogen) atoms. The van der Waals surface area contributed by atoms with Crippen molar-refractivity contribution in [3.8, 4) is 17.0 Å². The minimum atomic E-state index is 0.00424. The Morgan fingerprint density at radius 3 is 2.29 bits per heavy atom. The van der Waals surface area contributed by atoms with Gasteiger partial charge in [-0.2, -0.15) is 5.10 Å². The van der Waals surface area contributed by atoms with Crippen molar-refractivity contribution in [2.24, 2.45) is 7.05 Å². The van der Waals surface area contributed by atoms with Crippen LogP contribution in [0.3, 0.4) is 0 Å². The van der Waals surface area contributed by atoms with E-state index in [1.165, 1.54) is 0 Å². The summed E-state index contributed by atoms with van der Waals surface area (Å²) in [5.41, 5.74) is 3.64. The first-order chi connectivity index (χ1) is 14.9. The van der Waals surface area contributed by atoms with Gasteiger partial charge in [-0.3, -0.25) is 9.48 Å². The summed E-state index contributed by atoms with van der Waals surface area (Å²) in [7, 11) is 7.59. The molecule has 6 heteroatoms. The number of benzene rings is 2. The number of nitrogens with zero attached hydrogens (tertiary/aromatic N) is 4. The molecule has 6 nitrogen and oxygen atoms in total. The van der Waals surface area contributed by atoms with Crippen molar-refractivity contribution in [1.29, 1.82) is 0 Å². The van der Waals surface area contributed by atoms with Crippen molar-refractivity contribution in [2.45, 2.75) is 32.9 Å². The van der Waals surface area contributed by atoms with Crippen molar-refractivity contribution >= 4 is 11.7 Å². The standard InChI is InChI=1S/C25H32N4O2/c1-7-18(2)29(25(30)20-13-15-21(31-6)16-14-20)17-22-23(19-11-9-8-10-12-19)26-28(5)24(22)27(3)4/h8-16,18H,7,17H2,1-6H3/t18-/m0/s1. The predicted molar refractivity (Wildman–Crippen MR) is 126 cm³/mol. The Bertz CT molecular complexity index is 1010. The van der Waals surface area contributed by atoms with Gasteiger partial charge in [-0.05, 0) is 37.6 Å². The van der Waals surface area contributed by atoms with E-state index in [0.29, 0.717) is 12.1 Å². The zero-order chi connectivity index (χ0) is 22.5. The maximum absolute atomic E-state index is 13.5. The summed E-state index contributed by atoms with van der Waals surface area (Å²) in [6, 6.07) is 17.5. The average Bonchev–Trinajstić information content (AvgIpc) is 3.13. The van der Waals surface area contributed by atoms with Crippen molar-refractivity contribution in [2.75, 3.05) is 26.1 Å². The predicted octanol–water partition coefficient (Wildman–Crippen LogP) is 4.60. The number of aryl methyl sites for hydroxylation is 1. The van der Waals surface area contributed by atoms with E-state index in [1.54, 1.807) is 7.11 Å². The van der Waals surface area contributed by atoms with E-state index in [9.17, 15) is 4.79 Å². The molecule has 0 saturated heterocycles. The smallest absolute Gasteiger partial charge is 0.254 e. The van der Waals surface area contributed by atoms with Crippen LogP contribution >= 0.6 is 0 Å². The van der Waals surface area contributed by atoms with Gasteiger partial charge >= 0.3 is 0 Å². The highest BCUT2D eigenvalue weighted by molar-refractivity contribution is 5.94. The Morgan fingerprint density at radius 2 is 1.74 bits per heavy atom. The first-order valence-electron chi connectivity index (χ1n) is 10.6. The third kappa shape index (κ3) is 4.74. The van der Waals surface area contributed by atoms with E-state index < -0.39 is 0 Å². The van der Waals surface area contributed by atoms with Gasteiger partial charge in [0.1, 0.15) is 11.6 Å². The lowest BCUT2D eigenvalue weighted by Gasteiger charge is -2.30. The fraction of sp³-hybridized carbons (Fsp3) is 0.360. The number of carbonyl (C=O) groups is 1. The molecule has 0 spiro atoms. The lowest BCUT2D eigenvalue weighted by atomic mass is 10.0. The first kappa shape index (κ1) is 22.4. The Balaban J connectivity index is 2.06. The van der Waals surface area contributed by atoms with E-state index in [1.807, 2.05) is 73.2 Å². The lowest BCUT2D eigenvalue weighted by molar-refractivity contribution is 0.0672. The van der Waals surface area contributed by atoms with Gasteiger partial charge in [0.2, 0.25) is 0 Å². The minimum absolute atomic E-state index is 0.00424. The maximum Gasteiger partial charge on any atom is 0.254 e. The number of amides is 1. The number of anilines is 1. The number of aromatic nitrogens is 2. The molecule has 1 aromatic heterocycles. The molecule has 0 aliphatic heterocycles. The molecule has 3 aromatic rings. The quantitative estimate of drug-likeness (QED) is 0.534. The largest absolute Gasteiger partial charge is 0.497 e. The molecule has 0 unspecified atom stereocenters. The zero-order valence-corrected chi connectivity index (χ0v) is 19.3. The normalized spacial score (nSPS) is 11.8. The molecule has 2 aromatic carbocycles. The van der Waals surface area contributed by atoms with E-state index >= 15 is 0 Å². The second-order valence-electron chi connectivity index (χ2n) is 7.95. The summed E-state index contributed by atoms with van der Waals surface area (Å²) in [5, 5.41) is 4.82. The van der Waals surface area contributed by atoms with Crippen molar-refractivity contribution in [1.82, 2.24) is 14.7 Å². The van der Waals surface area contributed by atoms with Crippen LogP contribution in [0.5, 0.6) is 5.75 Å². The van der Waals surface area contributed by atoms with Crippen LogP contribution in [0.1, 0.15) is 36.2 Å². The molecule has 1 atom stereocenters. The van der Waals surface area contributed by atoms with Gasteiger partial charge in [0.25, 0.3) is 5.91 Å². The summed E-state index contributed by atoms with van der Waals surface area (Å²) in [5.74, 6) is 1.74. The Labute approximate surface area is 185 Å². The molecule has 0 bridgehead atoms.